The zero-order chi connectivity index (χ0) is 22.4. The van der Waals surface area contributed by atoms with Gasteiger partial charge in [-0.2, -0.15) is 0 Å². The zero-order valence-electron chi connectivity index (χ0n) is 16.4. The molecule has 0 aliphatic carbocycles. The summed E-state index contributed by atoms with van der Waals surface area (Å²) in [4.78, 5) is 39.5. The Morgan fingerprint density at radius 3 is 2.58 bits per heavy atom. The van der Waals surface area contributed by atoms with E-state index in [0.29, 0.717) is 25.1 Å². The lowest BCUT2D eigenvalue weighted by atomic mass is 10.1. The van der Waals surface area contributed by atoms with Crippen LogP contribution in [0.1, 0.15) is 45.8 Å². The quantitative estimate of drug-likeness (QED) is 0.727. The summed E-state index contributed by atoms with van der Waals surface area (Å²) in [6.07, 6.45) is 5.41. The van der Waals surface area contributed by atoms with Crippen LogP contribution in [0.3, 0.4) is 0 Å². The number of fused-ring (bicyclic) bond motifs is 4. The van der Waals surface area contributed by atoms with Crippen molar-refractivity contribution in [1.82, 2.24) is 14.8 Å². The molecule has 2 atom stereocenters. The van der Waals surface area contributed by atoms with Crippen molar-refractivity contribution >= 4 is 11.8 Å². The minimum atomic E-state index is -1.19. The van der Waals surface area contributed by atoms with Crippen molar-refractivity contribution in [3.8, 4) is 5.75 Å². The molecule has 2 aliphatic rings. The first-order valence-electron chi connectivity index (χ1n) is 9.56. The molecule has 2 unspecified atom stereocenters. The molecule has 2 aliphatic heterocycles. The summed E-state index contributed by atoms with van der Waals surface area (Å²) in [6, 6.07) is 0.424. The highest BCUT2D eigenvalue weighted by Crippen LogP contribution is 2.31. The highest BCUT2D eigenvalue weighted by Gasteiger charge is 2.37. The van der Waals surface area contributed by atoms with Crippen LogP contribution in [0, 0.1) is 17.5 Å². The summed E-state index contributed by atoms with van der Waals surface area (Å²) >= 11 is 0. The fourth-order valence-corrected chi connectivity index (χ4v) is 3.90. The number of carbonyl (C=O) groups excluding carboxylic acids is 2. The number of nitrogens with one attached hydrogen (secondary N) is 1. The maximum atomic E-state index is 13.8. The predicted octanol–water partition coefficient (Wildman–Crippen LogP) is 2.25. The maximum absolute atomic E-state index is 13.8. The summed E-state index contributed by atoms with van der Waals surface area (Å²) in [5.74, 6) is -5.87. The number of hydrogen-bond acceptors (Lipinski definition) is 4. The minimum absolute atomic E-state index is 0.205. The number of amides is 2. The molecule has 1 aromatic heterocycles. The van der Waals surface area contributed by atoms with E-state index in [1.54, 1.807) is 0 Å². The first-order valence-corrected chi connectivity index (χ1v) is 9.56. The van der Waals surface area contributed by atoms with Gasteiger partial charge in [-0.1, -0.05) is 12.2 Å². The lowest BCUT2D eigenvalue weighted by molar-refractivity contribution is 0.0629. The third kappa shape index (κ3) is 3.47. The largest absolute Gasteiger partial charge is 0.503 e. The van der Waals surface area contributed by atoms with Crippen LogP contribution in [-0.2, 0) is 6.54 Å². The third-order valence-corrected chi connectivity index (χ3v) is 5.57. The van der Waals surface area contributed by atoms with E-state index in [9.17, 15) is 32.7 Å². The summed E-state index contributed by atoms with van der Waals surface area (Å²) in [5, 5.41) is 12.6. The van der Waals surface area contributed by atoms with Gasteiger partial charge >= 0.3 is 0 Å². The number of rotatable bonds is 3. The van der Waals surface area contributed by atoms with Crippen molar-refractivity contribution in [2.75, 3.05) is 6.54 Å². The average molecular weight is 433 g/mol. The number of aromatic hydroxyl groups is 1. The molecule has 3 heterocycles. The Kier molecular flexibility index (Phi) is 5.08. The lowest BCUT2D eigenvalue weighted by Gasteiger charge is -2.37. The van der Waals surface area contributed by atoms with Crippen LogP contribution in [0.2, 0.25) is 0 Å². The second kappa shape index (κ2) is 7.60. The van der Waals surface area contributed by atoms with Crippen LogP contribution in [0.25, 0.3) is 0 Å². The van der Waals surface area contributed by atoms with Gasteiger partial charge in [-0.05, 0) is 13.3 Å². The fraction of sp³-hybridized carbons (Fsp3) is 0.286. The Labute approximate surface area is 174 Å². The van der Waals surface area contributed by atoms with Crippen molar-refractivity contribution in [3.63, 3.8) is 0 Å². The first kappa shape index (κ1) is 20.7. The minimum Gasteiger partial charge on any atom is -0.503 e. The van der Waals surface area contributed by atoms with Gasteiger partial charge in [0.2, 0.25) is 5.43 Å². The van der Waals surface area contributed by atoms with E-state index in [4.69, 9.17) is 0 Å². The molecule has 2 bridgehead atoms. The van der Waals surface area contributed by atoms with E-state index < -0.39 is 58.1 Å². The highest BCUT2D eigenvalue weighted by atomic mass is 19.1. The van der Waals surface area contributed by atoms with Crippen LogP contribution < -0.4 is 10.7 Å². The summed E-state index contributed by atoms with van der Waals surface area (Å²) < 4.78 is 42.0. The third-order valence-electron chi connectivity index (χ3n) is 5.57. The molecule has 7 nitrogen and oxygen atoms in total. The number of aromatic nitrogens is 1. The molecule has 162 valence electrons. The number of allylic oxidation sites excluding steroid dienone is 1. The summed E-state index contributed by atoms with van der Waals surface area (Å²) in [6.45, 7) is 1.50. The van der Waals surface area contributed by atoms with Gasteiger partial charge in [-0.15, -0.1) is 0 Å². The maximum Gasteiger partial charge on any atom is 0.275 e. The van der Waals surface area contributed by atoms with Crippen LogP contribution in [0.4, 0.5) is 13.2 Å². The van der Waals surface area contributed by atoms with Crippen molar-refractivity contribution in [3.05, 3.63) is 75.0 Å². The topological polar surface area (TPSA) is 91.6 Å². The Balaban J connectivity index is 1.68. The molecule has 2 N–H and O–H groups in total. The highest BCUT2D eigenvalue weighted by molar-refractivity contribution is 5.99. The molecule has 0 saturated carbocycles. The molecule has 1 aromatic carbocycles. The molecule has 2 amide bonds. The molecule has 0 spiro atoms. The van der Waals surface area contributed by atoms with E-state index in [-0.39, 0.29) is 17.8 Å². The number of pyridine rings is 1. The average Bonchev–Trinajstić information content (AvgIpc) is 2.87. The lowest BCUT2D eigenvalue weighted by Crippen LogP contribution is -2.47. The number of halogens is 3. The molecule has 0 radical (unpaired) electrons. The van der Waals surface area contributed by atoms with E-state index in [2.05, 4.69) is 5.32 Å². The van der Waals surface area contributed by atoms with Crippen LogP contribution in [-0.4, -0.2) is 39.0 Å². The molecule has 2 aromatic rings. The Bertz CT molecular complexity index is 1170. The van der Waals surface area contributed by atoms with Gasteiger partial charge in [-0.25, -0.2) is 13.2 Å². The van der Waals surface area contributed by atoms with E-state index in [0.717, 1.165) is 0 Å². The summed E-state index contributed by atoms with van der Waals surface area (Å²) in [7, 11) is 0. The monoisotopic (exact) mass is 433 g/mol. The molecule has 0 fully saturated rings. The number of nitrogens with zero attached hydrogens (tertiary/aromatic N) is 2. The zero-order valence-corrected chi connectivity index (χ0v) is 16.4. The normalized spacial score (nSPS) is 19.7. The standard InChI is InChI=1S/C21H18F3N3O4/c1-10-3-2-4-12-8-26(10)21(31)17-19(29)18(28)14(9-27(12)17)20(30)25-7-13-15(23)5-11(22)6-16(13)24/h2-3,5-6,9-10,12,29H,4,7-8H2,1H3,(H,25,30). The van der Waals surface area contributed by atoms with Crippen molar-refractivity contribution in [2.24, 2.45) is 0 Å². The second-order valence-electron chi connectivity index (χ2n) is 7.52. The Morgan fingerprint density at radius 2 is 1.90 bits per heavy atom. The molecular weight excluding hydrogens is 415 g/mol. The molecule has 31 heavy (non-hydrogen) atoms. The molecule has 10 heteroatoms. The van der Waals surface area contributed by atoms with Gasteiger partial charge in [-0.3, -0.25) is 14.4 Å². The van der Waals surface area contributed by atoms with Gasteiger partial charge in [0, 0.05) is 43.0 Å². The fourth-order valence-electron chi connectivity index (χ4n) is 3.90. The van der Waals surface area contributed by atoms with E-state index in [1.165, 1.54) is 15.7 Å². The van der Waals surface area contributed by atoms with Gasteiger partial charge in [0.1, 0.15) is 23.0 Å². The number of benzene rings is 1. The molecule has 4 rings (SSSR count). The molecular formula is C21H18F3N3O4. The SMILES string of the molecule is CC1C=CCC2CN1C(=O)c1c(O)c(=O)c(C(=O)NCc3c(F)cc(F)cc3F)cn12. The number of carbonyl (C=O) groups is 2. The van der Waals surface area contributed by atoms with Crippen LogP contribution in [0.15, 0.2) is 35.3 Å². The van der Waals surface area contributed by atoms with E-state index in [1.807, 2.05) is 19.1 Å². The van der Waals surface area contributed by atoms with Crippen molar-refractivity contribution in [2.45, 2.75) is 32.0 Å². The Morgan fingerprint density at radius 1 is 1.23 bits per heavy atom. The smallest absolute Gasteiger partial charge is 0.275 e. The van der Waals surface area contributed by atoms with Gasteiger partial charge in [0.25, 0.3) is 11.8 Å². The van der Waals surface area contributed by atoms with Gasteiger partial charge in [0.15, 0.2) is 11.4 Å². The molecule has 0 saturated heterocycles. The van der Waals surface area contributed by atoms with E-state index >= 15 is 0 Å². The van der Waals surface area contributed by atoms with Crippen molar-refractivity contribution in [1.29, 1.82) is 0 Å². The van der Waals surface area contributed by atoms with Crippen molar-refractivity contribution < 1.29 is 27.9 Å². The van der Waals surface area contributed by atoms with Gasteiger partial charge < -0.3 is 19.9 Å². The summed E-state index contributed by atoms with van der Waals surface area (Å²) in [5.41, 5.74) is -2.33. The number of hydrogen-bond donors (Lipinski definition) is 2. The first-order chi connectivity index (χ1) is 14.7. The Hall–Kier alpha value is -3.56. The van der Waals surface area contributed by atoms with Gasteiger partial charge in [0.05, 0.1) is 6.04 Å². The van der Waals surface area contributed by atoms with Crippen LogP contribution >= 0.6 is 0 Å². The predicted molar refractivity (Wildman–Crippen MR) is 103 cm³/mol. The van der Waals surface area contributed by atoms with Crippen LogP contribution in [0.5, 0.6) is 5.75 Å². The second-order valence-corrected chi connectivity index (χ2v) is 7.52.